The summed E-state index contributed by atoms with van der Waals surface area (Å²) in [5.41, 5.74) is 3.88. The lowest BCUT2D eigenvalue weighted by Gasteiger charge is -2.12. The van der Waals surface area contributed by atoms with Crippen molar-refractivity contribution in [3.05, 3.63) is 39.8 Å². The summed E-state index contributed by atoms with van der Waals surface area (Å²) in [6, 6.07) is 5.46. The Balaban J connectivity index is 1.69. The van der Waals surface area contributed by atoms with Gasteiger partial charge in [0.1, 0.15) is 5.00 Å². The molecule has 0 spiro atoms. The molecule has 3 N–H and O–H groups in total. The summed E-state index contributed by atoms with van der Waals surface area (Å²) in [7, 11) is 0. The van der Waals surface area contributed by atoms with E-state index in [4.69, 9.17) is 4.74 Å². The molecule has 0 fully saturated rings. The van der Waals surface area contributed by atoms with E-state index in [1.807, 2.05) is 13.0 Å². The van der Waals surface area contributed by atoms with Crippen molar-refractivity contribution in [3.8, 4) is 0 Å². The Kier molecular flexibility index (Phi) is 6.53. The SMILES string of the molecule is CCOC(=O)c1c(NC(=O)CNc2cc(NC(C)=O)ccc2C)sc2c1CCC2. The Labute approximate surface area is 173 Å². The fourth-order valence-corrected chi connectivity index (χ4v) is 4.64. The maximum atomic E-state index is 12.5. The van der Waals surface area contributed by atoms with E-state index in [0.717, 1.165) is 41.0 Å². The van der Waals surface area contributed by atoms with Gasteiger partial charge in [-0.15, -0.1) is 11.3 Å². The van der Waals surface area contributed by atoms with Crippen molar-refractivity contribution in [3.63, 3.8) is 0 Å². The van der Waals surface area contributed by atoms with Crippen molar-refractivity contribution >= 4 is 45.5 Å². The van der Waals surface area contributed by atoms with Gasteiger partial charge in [-0.25, -0.2) is 4.79 Å². The van der Waals surface area contributed by atoms with Crippen LogP contribution in [0.4, 0.5) is 16.4 Å². The van der Waals surface area contributed by atoms with E-state index in [2.05, 4.69) is 16.0 Å². The summed E-state index contributed by atoms with van der Waals surface area (Å²) in [4.78, 5) is 37.3. The van der Waals surface area contributed by atoms with Gasteiger partial charge in [-0.3, -0.25) is 9.59 Å². The van der Waals surface area contributed by atoms with E-state index in [1.54, 1.807) is 19.1 Å². The molecule has 1 aromatic heterocycles. The number of carbonyl (C=O) groups excluding carboxylic acids is 3. The Morgan fingerprint density at radius 1 is 1.17 bits per heavy atom. The molecule has 7 nitrogen and oxygen atoms in total. The highest BCUT2D eigenvalue weighted by Gasteiger charge is 2.28. The predicted octanol–water partition coefficient (Wildman–Crippen LogP) is 3.73. The standard InChI is InChI=1S/C21H25N3O4S/c1-4-28-21(27)19-15-6-5-7-17(15)29-20(19)24-18(26)11-22-16-10-14(23-13(3)25)9-8-12(16)2/h8-10,22H,4-7,11H2,1-3H3,(H,23,25)(H,24,26). The van der Waals surface area contributed by atoms with Crippen molar-refractivity contribution in [2.24, 2.45) is 0 Å². The van der Waals surface area contributed by atoms with Crippen molar-refractivity contribution < 1.29 is 19.1 Å². The molecule has 0 radical (unpaired) electrons. The van der Waals surface area contributed by atoms with Crippen molar-refractivity contribution in [2.45, 2.75) is 40.0 Å². The quantitative estimate of drug-likeness (QED) is 0.599. The summed E-state index contributed by atoms with van der Waals surface area (Å²) in [6.07, 6.45) is 2.78. The minimum absolute atomic E-state index is 0.0369. The van der Waals surface area contributed by atoms with Crippen LogP contribution in [0, 0.1) is 6.92 Å². The first-order valence-electron chi connectivity index (χ1n) is 9.62. The fraction of sp³-hybridized carbons (Fsp3) is 0.381. The minimum atomic E-state index is -0.381. The van der Waals surface area contributed by atoms with Gasteiger partial charge in [-0.1, -0.05) is 6.07 Å². The molecule has 29 heavy (non-hydrogen) atoms. The van der Waals surface area contributed by atoms with Crippen molar-refractivity contribution in [2.75, 3.05) is 29.1 Å². The zero-order valence-corrected chi connectivity index (χ0v) is 17.6. The van der Waals surface area contributed by atoms with Crippen LogP contribution in [0.2, 0.25) is 0 Å². The number of fused-ring (bicyclic) bond motifs is 1. The molecule has 1 aliphatic carbocycles. The van der Waals surface area contributed by atoms with Crippen LogP contribution in [0.5, 0.6) is 0 Å². The predicted molar refractivity (Wildman–Crippen MR) is 115 cm³/mol. The van der Waals surface area contributed by atoms with E-state index < -0.39 is 0 Å². The molecular weight excluding hydrogens is 390 g/mol. The van der Waals surface area contributed by atoms with Crippen LogP contribution >= 0.6 is 11.3 Å². The Hall–Kier alpha value is -2.87. The average molecular weight is 416 g/mol. The molecule has 1 aromatic carbocycles. The second-order valence-electron chi connectivity index (χ2n) is 6.89. The number of nitrogens with one attached hydrogen (secondary N) is 3. The zero-order valence-electron chi connectivity index (χ0n) is 16.8. The van der Waals surface area contributed by atoms with E-state index >= 15 is 0 Å². The number of hydrogen-bond acceptors (Lipinski definition) is 6. The van der Waals surface area contributed by atoms with Crippen molar-refractivity contribution in [1.29, 1.82) is 0 Å². The van der Waals surface area contributed by atoms with Gasteiger partial charge in [0.05, 0.1) is 18.7 Å². The molecule has 2 aromatic rings. The molecule has 0 saturated carbocycles. The van der Waals surface area contributed by atoms with Gasteiger partial charge in [-0.05, 0) is 56.4 Å². The van der Waals surface area contributed by atoms with Gasteiger partial charge in [0, 0.05) is 23.2 Å². The van der Waals surface area contributed by atoms with E-state index in [-0.39, 0.29) is 24.3 Å². The second-order valence-corrected chi connectivity index (χ2v) is 8.00. The summed E-state index contributed by atoms with van der Waals surface area (Å²) >= 11 is 1.46. The minimum Gasteiger partial charge on any atom is -0.462 e. The molecule has 0 atom stereocenters. The number of rotatable bonds is 7. The van der Waals surface area contributed by atoms with Crippen LogP contribution in [0.25, 0.3) is 0 Å². The average Bonchev–Trinajstić information content (AvgIpc) is 3.22. The van der Waals surface area contributed by atoms with E-state index in [9.17, 15) is 14.4 Å². The smallest absolute Gasteiger partial charge is 0.341 e. The number of anilines is 3. The zero-order chi connectivity index (χ0) is 21.0. The summed E-state index contributed by atoms with van der Waals surface area (Å²) < 4.78 is 5.19. The number of hydrogen-bond donors (Lipinski definition) is 3. The third-order valence-electron chi connectivity index (χ3n) is 4.65. The highest BCUT2D eigenvalue weighted by molar-refractivity contribution is 7.17. The molecule has 0 saturated heterocycles. The highest BCUT2D eigenvalue weighted by atomic mass is 32.1. The molecule has 3 rings (SSSR count). The fourth-order valence-electron chi connectivity index (χ4n) is 3.35. The third-order valence-corrected chi connectivity index (χ3v) is 5.86. The molecule has 0 aliphatic heterocycles. The summed E-state index contributed by atoms with van der Waals surface area (Å²) in [6.45, 7) is 5.46. The molecule has 2 amide bonds. The first-order chi connectivity index (χ1) is 13.9. The topological polar surface area (TPSA) is 96.5 Å². The first kappa shape index (κ1) is 20.9. The molecule has 1 heterocycles. The van der Waals surface area contributed by atoms with Gasteiger partial charge in [0.2, 0.25) is 11.8 Å². The lowest BCUT2D eigenvalue weighted by molar-refractivity contribution is -0.115. The summed E-state index contributed by atoms with van der Waals surface area (Å²) in [5, 5.41) is 9.24. The Bertz CT molecular complexity index is 952. The normalized spacial score (nSPS) is 12.2. The number of ether oxygens (including phenoxy) is 1. The number of amides is 2. The molecule has 154 valence electrons. The summed E-state index contributed by atoms with van der Waals surface area (Å²) in [5.74, 6) is -0.788. The van der Waals surface area contributed by atoms with Gasteiger partial charge in [-0.2, -0.15) is 0 Å². The van der Waals surface area contributed by atoms with Crippen LogP contribution in [-0.4, -0.2) is 30.9 Å². The van der Waals surface area contributed by atoms with Gasteiger partial charge < -0.3 is 20.7 Å². The van der Waals surface area contributed by atoms with Gasteiger partial charge >= 0.3 is 5.97 Å². The first-order valence-corrected chi connectivity index (χ1v) is 10.4. The molecule has 0 unspecified atom stereocenters. The number of thiophene rings is 1. The van der Waals surface area contributed by atoms with E-state index in [1.165, 1.54) is 18.3 Å². The highest BCUT2D eigenvalue weighted by Crippen LogP contribution is 2.39. The molecule has 8 heteroatoms. The number of aryl methyl sites for hydroxylation is 2. The van der Waals surface area contributed by atoms with Crippen LogP contribution in [0.1, 0.15) is 46.6 Å². The van der Waals surface area contributed by atoms with Crippen LogP contribution in [0.3, 0.4) is 0 Å². The molecule has 1 aliphatic rings. The van der Waals surface area contributed by atoms with Crippen LogP contribution < -0.4 is 16.0 Å². The van der Waals surface area contributed by atoms with Crippen LogP contribution in [-0.2, 0) is 27.2 Å². The maximum absolute atomic E-state index is 12.5. The Morgan fingerprint density at radius 3 is 2.69 bits per heavy atom. The van der Waals surface area contributed by atoms with Gasteiger partial charge in [0.25, 0.3) is 0 Å². The largest absolute Gasteiger partial charge is 0.462 e. The maximum Gasteiger partial charge on any atom is 0.341 e. The van der Waals surface area contributed by atoms with Gasteiger partial charge in [0.15, 0.2) is 0 Å². The molecular formula is C21H25N3O4S. The molecule has 0 bridgehead atoms. The monoisotopic (exact) mass is 415 g/mol. The lowest BCUT2D eigenvalue weighted by atomic mass is 10.1. The van der Waals surface area contributed by atoms with E-state index in [0.29, 0.717) is 22.9 Å². The Morgan fingerprint density at radius 2 is 1.97 bits per heavy atom. The number of benzene rings is 1. The number of esters is 1. The second kappa shape index (κ2) is 9.09. The van der Waals surface area contributed by atoms with Crippen LogP contribution in [0.15, 0.2) is 18.2 Å². The van der Waals surface area contributed by atoms with Crippen molar-refractivity contribution in [1.82, 2.24) is 0 Å². The number of carbonyl (C=O) groups is 3. The lowest BCUT2D eigenvalue weighted by Crippen LogP contribution is -2.23. The third kappa shape index (κ3) is 4.95.